The quantitative estimate of drug-likeness (QED) is 0.280. The van der Waals surface area contributed by atoms with Crippen LogP contribution in [0.25, 0.3) is 12.2 Å². The van der Waals surface area contributed by atoms with E-state index in [9.17, 15) is 9.59 Å². The smallest absolute Gasteiger partial charge is 0.338 e. The van der Waals surface area contributed by atoms with E-state index in [0.717, 1.165) is 36.1 Å². The van der Waals surface area contributed by atoms with Gasteiger partial charge in [-0.25, -0.2) is 9.79 Å². The van der Waals surface area contributed by atoms with Crippen LogP contribution in [0.1, 0.15) is 57.2 Å². The topological polar surface area (TPSA) is 69.9 Å². The van der Waals surface area contributed by atoms with Gasteiger partial charge in [0.1, 0.15) is 5.75 Å². The lowest BCUT2D eigenvalue weighted by Gasteiger charge is -2.24. The summed E-state index contributed by atoms with van der Waals surface area (Å²) in [6, 6.07) is 16.8. The van der Waals surface area contributed by atoms with Crippen molar-refractivity contribution in [3.63, 3.8) is 0 Å². The molecule has 0 aliphatic carbocycles. The SMILES string of the molecule is CCCCCOc1ccc(C2C(C(=O)OCC)=C(C)N=c3sc(=CC=Cc4ccccc4)c(=O)n32)cc1. The third-order valence-electron chi connectivity index (χ3n) is 6.07. The highest BCUT2D eigenvalue weighted by atomic mass is 32.1. The Morgan fingerprint density at radius 1 is 1.08 bits per heavy atom. The maximum atomic E-state index is 13.6. The molecule has 1 aromatic heterocycles. The summed E-state index contributed by atoms with van der Waals surface area (Å²) in [4.78, 5) is 31.8. The maximum absolute atomic E-state index is 13.6. The van der Waals surface area contributed by atoms with Crippen molar-refractivity contribution >= 4 is 29.5 Å². The number of hydrogen-bond donors (Lipinski definition) is 0. The van der Waals surface area contributed by atoms with E-state index in [-0.39, 0.29) is 12.2 Å². The van der Waals surface area contributed by atoms with Gasteiger partial charge in [-0.05, 0) is 49.6 Å². The molecule has 7 heteroatoms. The molecular formula is C30H32N2O4S. The van der Waals surface area contributed by atoms with Gasteiger partial charge in [-0.2, -0.15) is 0 Å². The third kappa shape index (κ3) is 6.17. The zero-order chi connectivity index (χ0) is 26.2. The van der Waals surface area contributed by atoms with E-state index < -0.39 is 12.0 Å². The van der Waals surface area contributed by atoms with E-state index >= 15 is 0 Å². The first-order chi connectivity index (χ1) is 18.0. The Bertz CT molecular complexity index is 1460. The highest BCUT2D eigenvalue weighted by Gasteiger charge is 2.33. The summed E-state index contributed by atoms with van der Waals surface area (Å²) in [7, 11) is 0. The second-order valence-corrected chi connectivity index (χ2v) is 9.73. The first kappa shape index (κ1) is 26.4. The standard InChI is InChI=1S/C30H32N2O4S/c1-4-6-10-20-36-24-18-16-23(17-19-24)27-26(29(34)35-5-2)21(3)31-30-32(27)28(33)25(37-30)15-11-14-22-12-8-7-9-13-22/h7-9,11-19,27H,4-6,10,20H2,1-3H3. The number of allylic oxidation sites excluding steroid dienone is 2. The number of fused-ring (bicyclic) bond motifs is 1. The molecule has 0 fully saturated rings. The number of esters is 1. The minimum Gasteiger partial charge on any atom is -0.494 e. The number of benzene rings is 2. The fourth-order valence-electron chi connectivity index (χ4n) is 4.22. The zero-order valence-corrected chi connectivity index (χ0v) is 22.3. The lowest BCUT2D eigenvalue weighted by atomic mass is 9.96. The minimum absolute atomic E-state index is 0.194. The summed E-state index contributed by atoms with van der Waals surface area (Å²) < 4.78 is 13.4. The molecule has 2 aromatic carbocycles. The average Bonchev–Trinajstić information content (AvgIpc) is 3.21. The van der Waals surface area contributed by atoms with Crippen LogP contribution >= 0.6 is 11.3 Å². The van der Waals surface area contributed by atoms with E-state index in [0.29, 0.717) is 27.2 Å². The molecule has 192 valence electrons. The summed E-state index contributed by atoms with van der Waals surface area (Å²) in [5.74, 6) is 0.295. The largest absolute Gasteiger partial charge is 0.494 e. The normalized spacial score (nSPS) is 15.5. The van der Waals surface area contributed by atoms with Crippen LogP contribution in [-0.4, -0.2) is 23.8 Å². The summed E-state index contributed by atoms with van der Waals surface area (Å²) in [6.45, 7) is 6.61. The highest BCUT2D eigenvalue weighted by Crippen LogP contribution is 2.31. The molecule has 0 amide bonds. The molecular weight excluding hydrogens is 484 g/mol. The zero-order valence-electron chi connectivity index (χ0n) is 21.5. The Hall–Kier alpha value is -3.71. The molecule has 0 spiro atoms. The Labute approximate surface area is 220 Å². The van der Waals surface area contributed by atoms with Gasteiger partial charge in [-0.3, -0.25) is 9.36 Å². The molecule has 37 heavy (non-hydrogen) atoms. The number of carbonyl (C=O) groups excluding carboxylic acids is 1. The van der Waals surface area contributed by atoms with Gasteiger partial charge in [0.15, 0.2) is 4.80 Å². The van der Waals surface area contributed by atoms with E-state index in [2.05, 4.69) is 11.9 Å². The van der Waals surface area contributed by atoms with Crippen LogP contribution in [0.5, 0.6) is 5.75 Å². The summed E-state index contributed by atoms with van der Waals surface area (Å²) in [6.07, 6.45) is 8.87. The number of unbranched alkanes of at least 4 members (excludes halogenated alkanes) is 2. The van der Waals surface area contributed by atoms with Crippen LogP contribution in [0.2, 0.25) is 0 Å². The van der Waals surface area contributed by atoms with Crippen molar-refractivity contribution in [3.8, 4) is 5.75 Å². The van der Waals surface area contributed by atoms with E-state index in [1.807, 2.05) is 66.7 Å². The van der Waals surface area contributed by atoms with Crippen molar-refractivity contribution < 1.29 is 14.3 Å². The van der Waals surface area contributed by atoms with Gasteiger partial charge in [0.05, 0.1) is 35.1 Å². The molecule has 0 saturated carbocycles. The number of rotatable bonds is 10. The van der Waals surface area contributed by atoms with Gasteiger partial charge >= 0.3 is 5.97 Å². The molecule has 2 heterocycles. The van der Waals surface area contributed by atoms with E-state index in [4.69, 9.17) is 9.47 Å². The number of hydrogen-bond acceptors (Lipinski definition) is 6. The Morgan fingerprint density at radius 2 is 1.84 bits per heavy atom. The highest BCUT2D eigenvalue weighted by molar-refractivity contribution is 7.07. The van der Waals surface area contributed by atoms with Crippen molar-refractivity contribution in [2.75, 3.05) is 13.2 Å². The van der Waals surface area contributed by atoms with Crippen molar-refractivity contribution in [1.82, 2.24) is 4.57 Å². The van der Waals surface area contributed by atoms with Crippen molar-refractivity contribution in [2.24, 2.45) is 4.99 Å². The first-order valence-electron chi connectivity index (χ1n) is 12.7. The second kappa shape index (κ2) is 12.5. The Kier molecular flexibility index (Phi) is 8.90. The first-order valence-corrected chi connectivity index (χ1v) is 13.5. The van der Waals surface area contributed by atoms with E-state index in [1.165, 1.54) is 11.3 Å². The number of thiazole rings is 1. The van der Waals surface area contributed by atoms with Gasteiger partial charge in [-0.15, -0.1) is 0 Å². The monoisotopic (exact) mass is 516 g/mol. The second-order valence-electron chi connectivity index (χ2n) is 8.72. The Balaban J connectivity index is 1.73. The third-order valence-corrected chi connectivity index (χ3v) is 7.07. The van der Waals surface area contributed by atoms with Crippen molar-refractivity contribution in [1.29, 1.82) is 0 Å². The lowest BCUT2D eigenvalue weighted by Crippen LogP contribution is -2.39. The van der Waals surface area contributed by atoms with Gasteiger partial charge in [0.2, 0.25) is 0 Å². The predicted molar refractivity (Wildman–Crippen MR) is 148 cm³/mol. The summed E-state index contributed by atoms with van der Waals surface area (Å²) in [5.41, 5.74) is 2.57. The molecule has 0 radical (unpaired) electrons. The number of carbonyl (C=O) groups is 1. The molecule has 0 saturated heterocycles. The summed E-state index contributed by atoms with van der Waals surface area (Å²) >= 11 is 1.31. The molecule has 1 unspecified atom stereocenters. The number of aromatic nitrogens is 1. The van der Waals surface area contributed by atoms with Crippen LogP contribution < -0.4 is 19.6 Å². The minimum atomic E-state index is -0.635. The lowest BCUT2D eigenvalue weighted by molar-refractivity contribution is -0.139. The van der Waals surface area contributed by atoms with E-state index in [1.54, 1.807) is 24.5 Å². The van der Waals surface area contributed by atoms with Gasteiger partial charge in [0, 0.05) is 0 Å². The van der Waals surface area contributed by atoms with Gasteiger partial charge in [-0.1, -0.05) is 85.7 Å². The molecule has 1 aliphatic rings. The molecule has 4 rings (SSSR count). The predicted octanol–water partition coefficient (Wildman–Crippen LogP) is 5.03. The van der Waals surface area contributed by atoms with Crippen LogP contribution in [0.15, 0.2) is 81.7 Å². The Morgan fingerprint density at radius 3 is 2.54 bits per heavy atom. The van der Waals surface area contributed by atoms with Crippen LogP contribution in [0.3, 0.4) is 0 Å². The van der Waals surface area contributed by atoms with Crippen LogP contribution in [0, 0.1) is 0 Å². The number of ether oxygens (including phenoxy) is 2. The molecule has 3 aromatic rings. The molecule has 1 atom stereocenters. The molecule has 0 bridgehead atoms. The van der Waals surface area contributed by atoms with Gasteiger partial charge in [0.25, 0.3) is 5.56 Å². The molecule has 0 N–H and O–H groups in total. The van der Waals surface area contributed by atoms with Crippen molar-refractivity contribution in [2.45, 2.75) is 46.1 Å². The maximum Gasteiger partial charge on any atom is 0.338 e. The fourth-order valence-corrected chi connectivity index (χ4v) is 5.22. The molecule has 1 aliphatic heterocycles. The molecule has 6 nitrogen and oxygen atoms in total. The van der Waals surface area contributed by atoms with Crippen LogP contribution in [0.4, 0.5) is 0 Å². The van der Waals surface area contributed by atoms with Crippen LogP contribution in [-0.2, 0) is 9.53 Å². The fraction of sp³-hybridized carbons (Fsp3) is 0.300. The average molecular weight is 517 g/mol. The van der Waals surface area contributed by atoms with Gasteiger partial charge < -0.3 is 9.47 Å². The number of nitrogens with zero attached hydrogens (tertiary/aromatic N) is 2. The summed E-state index contributed by atoms with van der Waals surface area (Å²) in [5, 5.41) is 0. The van der Waals surface area contributed by atoms with Crippen molar-refractivity contribution in [3.05, 3.63) is 103 Å².